The molecule has 12 rings (SSSR count). The highest BCUT2D eigenvalue weighted by Gasteiger charge is 2.23. The van der Waals surface area contributed by atoms with E-state index in [2.05, 4.69) is 158 Å². The van der Waals surface area contributed by atoms with Crippen molar-refractivity contribution in [2.45, 2.75) is 0 Å². The number of hydrogen-bond donors (Lipinski definition) is 0. The molecule has 0 aliphatic heterocycles. The van der Waals surface area contributed by atoms with Crippen LogP contribution < -0.4 is 0 Å². The van der Waals surface area contributed by atoms with Crippen molar-refractivity contribution in [3.05, 3.63) is 182 Å². The second-order valence-electron chi connectivity index (χ2n) is 14.4. The van der Waals surface area contributed by atoms with Crippen LogP contribution >= 0.6 is 0 Å². The molecule has 12 aromatic rings. The molecule has 0 radical (unpaired) electrons. The van der Waals surface area contributed by atoms with E-state index in [0.717, 1.165) is 93.9 Å². The minimum atomic E-state index is 0.628. The Morgan fingerprint density at radius 3 is 1.45 bits per heavy atom. The molecular weight excluding hydrogens is 685 g/mol. The molecule has 0 saturated heterocycles. The van der Waals surface area contributed by atoms with E-state index in [0.29, 0.717) is 5.82 Å². The van der Waals surface area contributed by atoms with Crippen LogP contribution in [-0.4, -0.2) is 9.97 Å². The molecule has 4 heteroatoms. The van der Waals surface area contributed by atoms with Crippen LogP contribution in [0.25, 0.3) is 121 Å². The highest BCUT2D eigenvalue weighted by atomic mass is 16.3. The molecule has 0 fully saturated rings. The number of aromatic nitrogens is 2. The third kappa shape index (κ3) is 4.60. The Labute approximate surface area is 320 Å². The van der Waals surface area contributed by atoms with Crippen LogP contribution in [0.1, 0.15) is 0 Å². The van der Waals surface area contributed by atoms with Gasteiger partial charge in [-0.05, 0) is 79.8 Å². The van der Waals surface area contributed by atoms with Crippen molar-refractivity contribution in [1.29, 1.82) is 0 Å². The minimum Gasteiger partial charge on any atom is -0.455 e. The second kappa shape index (κ2) is 12.0. The Morgan fingerprint density at radius 1 is 0.304 bits per heavy atom. The van der Waals surface area contributed by atoms with Gasteiger partial charge in [-0.1, -0.05) is 146 Å². The fourth-order valence-corrected chi connectivity index (χ4v) is 8.75. The van der Waals surface area contributed by atoms with Gasteiger partial charge < -0.3 is 8.83 Å². The number of rotatable bonds is 4. The first kappa shape index (κ1) is 30.9. The molecule has 0 aliphatic rings. The lowest BCUT2D eigenvalue weighted by Gasteiger charge is -2.17. The Hall–Kier alpha value is -7.56. The zero-order valence-electron chi connectivity index (χ0n) is 30.0. The quantitative estimate of drug-likeness (QED) is 0.170. The Morgan fingerprint density at radius 2 is 0.804 bits per heavy atom. The molecule has 0 atom stereocenters. The maximum atomic E-state index is 6.61. The molecule has 0 N–H and O–H groups in total. The molecule has 0 aliphatic carbocycles. The zero-order chi connectivity index (χ0) is 36.7. The van der Waals surface area contributed by atoms with Crippen LogP contribution in [0.2, 0.25) is 0 Å². The third-order valence-corrected chi connectivity index (χ3v) is 11.3. The first-order chi connectivity index (χ1) is 27.8. The Kier molecular flexibility index (Phi) is 6.60. The molecule has 0 spiro atoms. The van der Waals surface area contributed by atoms with Crippen molar-refractivity contribution in [2.24, 2.45) is 0 Å². The summed E-state index contributed by atoms with van der Waals surface area (Å²) in [6, 6.07) is 63.7. The lowest BCUT2D eigenvalue weighted by molar-refractivity contribution is 0.669. The molecule has 0 amide bonds. The summed E-state index contributed by atoms with van der Waals surface area (Å²) >= 11 is 0. The molecule has 3 aromatic heterocycles. The zero-order valence-corrected chi connectivity index (χ0v) is 30.0. The fourth-order valence-electron chi connectivity index (χ4n) is 8.75. The molecule has 56 heavy (non-hydrogen) atoms. The van der Waals surface area contributed by atoms with Crippen molar-refractivity contribution in [3.8, 4) is 45.0 Å². The van der Waals surface area contributed by atoms with Gasteiger partial charge in [0.2, 0.25) is 0 Å². The summed E-state index contributed by atoms with van der Waals surface area (Å²) in [6.45, 7) is 0. The number of hydrogen-bond acceptors (Lipinski definition) is 4. The normalized spacial score (nSPS) is 11.9. The fraction of sp³-hybridized carbons (Fsp3) is 0. The SMILES string of the molecule is c1ccc2c(-c3nc(-c4cccc5c4oc4ccccc45)cc(-c4cccc5c4oc4ccccc45)n3)c(-c3cc4ccccc4c4ccccc34)ccc2c1. The van der Waals surface area contributed by atoms with Gasteiger partial charge in [0.15, 0.2) is 5.82 Å². The van der Waals surface area contributed by atoms with E-state index in [-0.39, 0.29) is 0 Å². The Bertz CT molecular complexity index is 3420. The molecule has 0 unspecified atom stereocenters. The van der Waals surface area contributed by atoms with E-state index in [9.17, 15) is 0 Å². The summed E-state index contributed by atoms with van der Waals surface area (Å²) in [4.78, 5) is 11.0. The summed E-state index contributed by atoms with van der Waals surface area (Å²) in [5.74, 6) is 0.628. The third-order valence-electron chi connectivity index (χ3n) is 11.3. The van der Waals surface area contributed by atoms with Crippen LogP contribution in [-0.2, 0) is 0 Å². The average Bonchev–Trinajstić information content (AvgIpc) is 3.84. The van der Waals surface area contributed by atoms with Gasteiger partial charge in [0.05, 0.1) is 11.4 Å². The van der Waals surface area contributed by atoms with Gasteiger partial charge >= 0.3 is 0 Å². The topological polar surface area (TPSA) is 52.1 Å². The molecule has 0 bridgehead atoms. The van der Waals surface area contributed by atoms with E-state index >= 15 is 0 Å². The first-order valence-electron chi connectivity index (χ1n) is 18.9. The number of benzene rings is 9. The van der Waals surface area contributed by atoms with Gasteiger partial charge in [-0.25, -0.2) is 9.97 Å². The molecular formula is C52H30N2O2. The van der Waals surface area contributed by atoms with Crippen LogP contribution in [0, 0.1) is 0 Å². The van der Waals surface area contributed by atoms with Gasteiger partial charge in [-0.15, -0.1) is 0 Å². The van der Waals surface area contributed by atoms with E-state index in [1.807, 2.05) is 24.3 Å². The molecule has 4 nitrogen and oxygen atoms in total. The molecule has 3 heterocycles. The van der Waals surface area contributed by atoms with Crippen LogP contribution in [0.3, 0.4) is 0 Å². The average molecular weight is 715 g/mol. The summed E-state index contributed by atoms with van der Waals surface area (Å²) in [7, 11) is 0. The summed E-state index contributed by atoms with van der Waals surface area (Å²) in [5, 5.41) is 11.2. The highest BCUT2D eigenvalue weighted by molar-refractivity contribution is 6.17. The number of para-hydroxylation sites is 4. The lowest BCUT2D eigenvalue weighted by Crippen LogP contribution is -1.99. The van der Waals surface area contributed by atoms with E-state index in [4.69, 9.17) is 18.8 Å². The Balaban J connectivity index is 1.21. The number of nitrogens with zero attached hydrogens (tertiary/aromatic N) is 2. The van der Waals surface area contributed by atoms with E-state index < -0.39 is 0 Å². The highest BCUT2D eigenvalue weighted by Crippen LogP contribution is 2.44. The second-order valence-corrected chi connectivity index (χ2v) is 14.4. The molecule has 9 aromatic carbocycles. The monoisotopic (exact) mass is 714 g/mol. The van der Waals surface area contributed by atoms with Gasteiger partial charge in [-0.2, -0.15) is 0 Å². The van der Waals surface area contributed by atoms with Crippen molar-refractivity contribution < 1.29 is 8.83 Å². The lowest BCUT2D eigenvalue weighted by atomic mass is 9.88. The van der Waals surface area contributed by atoms with Gasteiger partial charge in [-0.3, -0.25) is 0 Å². The summed E-state index contributed by atoms with van der Waals surface area (Å²) in [6.07, 6.45) is 0. The van der Waals surface area contributed by atoms with Crippen LogP contribution in [0.15, 0.2) is 191 Å². The smallest absolute Gasteiger partial charge is 0.161 e. The maximum Gasteiger partial charge on any atom is 0.161 e. The van der Waals surface area contributed by atoms with Gasteiger partial charge in [0.1, 0.15) is 22.3 Å². The molecule has 260 valence electrons. The van der Waals surface area contributed by atoms with Gasteiger partial charge in [0.25, 0.3) is 0 Å². The minimum absolute atomic E-state index is 0.628. The summed E-state index contributed by atoms with van der Waals surface area (Å²) < 4.78 is 13.2. The first-order valence-corrected chi connectivity index (χ1v) is 18.9. The van der Waals surface area contributed by atoms with Crippen molar-refractivity contribution >= 4 is 76.2 Å². The summed E-state index contributed by atoms with van der Waals surface area (Å²) in [5.41, 5.74) is 9.79. The van der Waals surface area contributed by atoms with E-state index in [1.54, 1.807) is 0 Å². The van der Waals surface area contributed by atoms with Crippen LogP contribution in [0.4, 0.5) is 0 Å². The maximum absolute atomic E-state index is 6.61. The standard InChI is InChI=1S/C52H30N2O2/c1-4-16-34-31(13-1)27-28-39(44-29-32-14-2-3-15-33(32)35-17-5-6-18-36(35)44)49(34)52-53-45(42-23-11-21-40-37-19-7-9-25-47(37)55-50(40)42)30-46(54-52)43-24-12-22-41-38-20-8-10-26-48(38)56-51(41)43/h1-30H. The van der Waals surface area contributed by atoms with Crippen molar-refractivity contribution in [2.75, 3.05) is 0 Å². The molecule has 0 saturated carbocycles. The van der Waals surface area contributed by atoms with Crippen LogP contribution in [0.5, 0.6) is 0 Å². The predicted molar refractivity (Wildman–Crippen MR) is 231 cm³/mol. The van der Waals surface area contributed by atoms with E-state index in [1.165, 1.54) is 21.5 Å². The predicted octanol–water partition coefficient (Wildman–Crippen LogP) is 14.4. The largest absolute Gasteiger partial charge is 0.455 e. The van der Waals surface area contributed by atoms with Crippen molar-refractivity contribution in [1.82, 2.24) is 9.97 Å². The van der Waals surface area contributed by atoms with Crippen molar-refractivity contribution in [3.63, 3.8) is 0 Å². The number of fused-ring (bicyclic) bond motifs is 10. The number of furan rings is 2. The van der Waals surface area contributed by atoms with Gasteiger partial charge in [0, 0.05) is 38.2 Å².